The summed E-state index contributed by atoms with van der Waals surface area (Å²) in [6, 6.07) is 4.62. The molecular weight excluding hydrogens is 292 g/mol. The van der Waals surface area contributed by atoms with Crippen LogP contribution in [0.25, 0.3) is 0 Å². The van der Waals surface area contributed by atoms with E-state index in [1.165, 1.54) is 6.07 Å². The van der Waals surface area contributed by atoms with Gasteiger partial charge in [0.2, 0.25) is 0 Å². The van der Waals surface area contributed by atoms with Crippen molar-refractivity contribution in [2.45, 2.75) is 19.9 Å². The maximum absolute atomic E-state index is 9.73. The van der Waals surface area contributed by atoms with Crippen molar-refractivity contribution in [3.63, 3.8) is 0 Å². The normalized spacial score (nSPS) is 18.0. The van der Waals surface area contributed by atoms with Crippen LogP contribution in [-0.4, -0.2) is 53.0 Å². The van der Waals surface area contributed by atoms with Crippen molar-refractivity contribution in [1.29, 1.82) is 0 Å². The Morgan fingerprint density at radius 3 is 2.14 bits per heavy atom. The molecule has 120 valence electrons. The summed E-state index contributed by atoms with van der Waals surface area (Å²) in [4.78, 5) is 2.29. The van der Waals surface area contributed by atoms with Crippen LogP contribution in [0.1, 0.15) is 25.5 Å². The molecule has 1 heterocycles. The minimum absolute atomic E-state index is 0. The van der Waals surface area contributed by atoms with E-state index in [4.69, 9.17) is 0 Å². The molecule has 0 bridgehead atoms. The fourth-order valence-electron chi connectivity index (χ4n) is 2.96. The lowest BCUT2D eigenvalue weighted by atomic mass is 9.79. The minimum Gasteiger partial charge on any atom is -0.508 e. The number of rotatable bonds is 4. The lowest BCUT2D eigenvalue weighted by molar-refractivity contribution is 0.0303. The second-order valence-electron chi connectivity index (χ2n) is 6.12. The number of nitrogens with one attached hydrogen (secondary N) is 1. The zero-order chi connectivity index (χ0) is 14.8. The fourth-order valence-corrected chi connectivity index (χ4v) is 2.96. The van der Waals surface area contributed by atoms with Crippen molar-refractivity contribution in [3.05, 3.63) is 23.8 Å². The van der Waals surface area contributed by atoms with Gasteiger partial charge in [0, 0.05) is 50.3 Å². The summed E-state index contributed by atoms with van der Waals surface area (Å²) in [5.41, 5.74) is 0.473. The summed E-state index contributed by atoms with van der Waals surface area (Å²) < 4.78 is 0. The topological polar surface area (TPSA) is 76.0 Å². The third-order valence-corrected chi connectivity index (χ3v) is 3.91. The molecule has 0 spiro atoms. The standard InChI is InChI=1S/C15H24N2O3.ClH/c1-15(2,10-18)14(17-5-3-16-4-6-17)11-7-12(19)9-13(20)8-11;/h7-9,14,16,18-20H,3-6,10H2,1-2H3;1H/t14-;/m1./s1. The van der Waals surface area contributed by atoms with Gasteiger partial charge in [0.15, 0.2) is 0 Å². The van der Waals surface area contributed by atoms with Gasteiger partial charge in [-0.3, -0.25) is 4.90 Å². The van der Waals surface area contributed by atoms with Crippen molar-refractivity contribution in [2.24, 2.45) is 5.41 Å². The molecular formula is C15H25ClN2O3. The molecule has 6 heteroatoms. The fraction of sp³-hybridized carbons (Fsp3) is 0.600. The second kappa shape index (κ2) is 7.31. The Kier molecular flexibility index (Phi) is 6.28. The number of aromatic hydroxyl groups is 2. The van der Waals surface area contributed by atoms with Crippen LogP contribution in [0, 0.1) is 5.41 Å². The van der Waals surface area contributed by atoms with Crippen LogP contribution < -0.4 is 5.32 Å². The molecule has 0 unspecified atom stereocenters. The summed E-state index contributed by atoms with van der Waals surface area (Å²) in [7, 11) is 0. The van der Waals surface area contributed by atoms with Crippen LogP contribution in [0.15, 0.2) is 18.2 Å². The SMILES string of the molecule is CC(C)(CO)[C@@H](c1cc(O)cc(O)c1)N1CCNCC1.Cl. The van der Waals surface area contributed by atoms with E-state index in [0.29, 0.717) is 0 Å². The molecule has 1 atom stereocenters. The van der Waals surface area contributed by atoms with Crippen molar-refractivity contribution >= 4 is 12.4 Å². The van der Waals surface area contributed by atoms with Gasteiger partial charge in [-0.05, 0) is 17.7 Å². The number of piperazine rings is 1. The molecule has 1 fully saturated rings. The van der Waals surface area contributed by atoms with Crippen molar-refractivity contribution in [3.8, 4) is 11.5 Å². The molecule has 21 heavy (non-hydrogen) atoms. The summed E-state index contributed by atoms with van der Waals surface area (Å²) in [6.07, 6.45) is 0. The number of hydrogen-bond donors (Lipinski definition) is 4. The maximum Gasteiger partial charge on any atom is 0.119 e. The highest BCUT2D eigenvalue weighted by Crippen LogP contribution is 2.40. The molecule has 1 aliphatic heterocycles. The van der Waals surface area contributed by atoms with Crippen LogP contribution in [0.2, 0.25) is 0 Å². The first-order valence-electron chi connectivity index (χ1n) is 7.02. The predicted molar refractivity (Wildman–Crippen MR) is 85.1 cm³/mol. The molecule has 0 aromatic heterocycles. The van der Waals surface area contributed by atoms with Crippen LogP contribution >= 0.6 is 12.4 Å². The van der Waals surface area contributed by atoms with Gasteiger partial charge >= 0.3 is 0 Å². The first kappa shape index (κ1) is 18.0. The Morgan fingerprint density at radius 2 is 1.67 bits per heavy atom. The molecule has 1 aromatic carbocycles. The molecule has 0 radical (unpaired) electrons. The maximum atomic E-state index is 9.73. The van der Waals surface area contributed by atoms with Gasteiger partial charge in [0.25, 0.3) is 0 Å². The summed E-state index contributed by atoms with van der Waals surface area (Å²) >= 11 is 0. The number of aliphatic hydroxyl groups is 1. The highest BCUT2D eigenvalue weighted by atomic mass is 35.5. The zero-order valence-corrected chi connectivity index (χ0v) is 13.4. The van der Waals surface area contributed by atoms with E-state index in [-0.39, 0.29) is 42.0 Å². The summed E-state index contributed by atoms with van der Waals surface area (Å²) in [5, 5.41) is 32.5. The molecule has 2 rings (SSSR count). The smallest absolute Gasteiger partial charge is 0.119 e. The largest absolute Gasteiger partial charge is 0.508 e. The van der Waals surface area contributed by atoms with Crippen LogP contribution in [0.5, 0.6) is 11.5 Å². The summed E-state index contributed by atoms with van der Waals surface area (Å²) in [5.74, 6) is 0.0998. The monoisotopic (exact) mass is 316 g/mol. The molecule has 5 nitrogen and oxygen atoms in total. The van der Waals surface area contributed by atoms with Crippen LogP contribution in [-0.2, 0) is 0 Å². The third-order valence-electron chi connectivity index (χ3n) is 3.91. The van der Waals surface area contributed by atoms with E-state index < -0.39 is 0 Å². The highest BCUT2D eigenvalue weighted by molar-refractivity contribution is 5.85. The molecule has 0 saturated carbocycles. The van der Waals surface area contributed by atoms with Crippen molar-refractivity contribution in [2.75, 3.05) is 32.8 Å². The molecule has 0 amide bonds. The van der Waals surface area contributed by atoms with Crippen LogP contribution in [0.3, 0.4) is 0 Å². The number of phenolic OH excluding ortho intramolecular Hbond substituents is 2. The van der Waals surface area contributed by atoms with Gasteiger partial charge in [-0.1, -0.05) is 13.8 Å². The van der Waals surface area contributed by atoms with E-state index in [1.807, 2.05) is 13.8 Å². The zero-order valence-electron chi connectivity index (χ0n) is 12.5. The predicted octanol–water partition coefficient (Wildman–Crippen LogP) is 1.48. The molecule has 1 aliphatic rings. The van der Waals surface area contributed by atoms with Gasteiger partial charge in [-0.2, -0.15) is 0 Å². The number of aliphatic hydroxyl groups excluding tert-OH is 1. The summed E-state index contributed by atoms with van der Waals surface area (Å²) in [6.45, 7) is 7.61. The Balaban J connectivity index is 0.00000220. The van der Waals surface area contributed by atoms with Crippen LogP contribution in [0.4, 0.5) is 0 Å². The number of halogens is 1. The first-order chi connectivity index (χ1) is 9.44. The van der Waals surface area contributed by atoms with E-state index in [2.05, 4.69) is 10.2 Å². The number of nitrogens with zero attached hydrogens (tertiary/aromatic N) is 1. The highest BCUT2D eigenvalue weighted by Gasteiger charge is 2.36. The van der Waals surface area contributed by atoms with Gasteiger partial charge in [-0.25, -0.2) is 0 Å². The second-order valence-corrected chi connectivity index (χ2v) is 6.12. The van der Waals surface area contributed by atoms with Gasteiger partial charge in [0.05, 0.1) is 0 Å². The van der Waals surface area contributed by atoms with Gasteiger partial charge in [0.1, 0.15) is 11.5 Å². The third kappa shape index (κ3) is 4.23. The van der Waals surface area contributed by atoms with Crippen molar-refractivity contribution < 1.29 is 15.3 Å². The Hall–Kier alpha value is -1.01. The van der Waals surface area contributed by atoms with Gasteiger partial charge in [-0.15, -0.1) is 12.4 Å². The average molecular weight is 317 g/mol. The molecule has 4 N–H and O–H groups in total. The molecule has 1 saturated heterocycles. The lowest BCUT2D eigenvalue weighted by Gasteiger charge is -2.43. The van der Waals surface area contributed by atoms with E-state index >= 15 is 0 Å². The first-order valence-corrected chi connectivity index (χ1v) is 7.02. The molecule has 0 aliphatic carbocycles. The molecule has 1 aromatic rings. The minimum atomic E-state index is -0.364. The van der Waals surface area contributed by atoms with Crippen molar-refractivity contribution in [1.82, 2.24) is 10.2 Å². The Labute approximate surface area is 132 Å². The average Bonchev–Trinajstić information content (AvgIpc) is 2.39. The Morgan fingerprint density at radius 1 is 1.14 bits per heavy atom. The number of hydrogen-bond acceptors (Lipinski definition) is 5. The number of benzene rings is 1. The van der Waals surface area contributed by atoms with E-state index in [0.717, 1.165) is 31.7 Å². The number of phenols is 2. The lowest BCUT2D eigenvalue weighted by Crippen LogP contribution is -2.49. The van der Waals surface area contributed by atoms with E-state index in [9.17, 15) is 15.3 Å². The van der Waals surface area contributed by atoms with Gasteiger partial charge < -0.3 is 20.6 Å². The quantitative estimate of drug-likeness (QED) is 0.677. The van der Waals surface area contributed by atoms with E-state index in [1.54, 1.807) is 12.1 Å². The Bertz CT molecular complexity index is 442.